The van der Waals surface area contributed by atoms with Crippen molar-refractivity contribution in [1.29, 1.82) is 0 Å². The lowest BCUT2D eigenvalue weighted by Crippen LogP contribution is -2.23. The number of aromatic nitrogens is 2. The lowest BCUT2D eigenvalue weighted by molar-refractivity contribution is -0.115. The number of amides is 1. The maximum Gasteiger partial charge on any atom is 0.237 e. The van der Waals surface area contributed by atoms with Gasteiger partial charge in [-0.15, -0.1) is 11.8 Å². The van der Waals surface area contributed by atoms with Gasteiger partial charge in [0.2, 0.25) is 5.91 Å². The van der Waals surface area contributed by atoms with Gasteiger partial charge in [0.05, 0.1) is 16.6 Å². The van der Waals surface area contributed by atoms with Gasteiger partial charge in [-0.1, -0.05) is 30.3 Å². The number of carbonyl (C=O) groups excluding carboxylic acids is 1. The molecule has 0 aliphatic rings. The van der Waals surface area contributed by atoms with Crippen LogP contribution in [0.5, 0.6) is 0 Å². The van der Waals surface area contributed by atoms with Crippen molar-refractivity contribution in [2.75, 3.05) is 5.32 Å². The zero-order valence-corrected chi connectivity index (χ0v) is 13.5. The first-order valence-corrected chi connectivity index (χ1v) is 8.23. The van der Waals surface area contributed by atoms with Crippen molar-refractivity contribution < 1.29 is 4.79 Å². The molecule has 0 radical (unpaired) electrons. The quantitative estimate of drug-likeness (QED) is 0.722. The highest BCUT2D eigenvalue weighted by atomic mass is 32.2. The Hall–Kier alpha value is -2.53. The molecule has 1 unspecified atom stereocenters. The minimum atomic E-state index is -0.192. The second-order valence-electron chi connectivity index (χ2n) is 5.03. The highest BCUT2D eigenvalue weighted by Crippen LogP contribution is 2.25. The fourth-order valence-corrected chi connectivity index (χ4v) is 3.07. The van der Waals surface area contributed by atoms with Crippen molar-refractivity contribution in [1.82, 2.24) is 9.78 Å². The third kappa shape index (κ3) is 3.81. The summed E-state index contributed by atoms with van der Waals surface area (Å²) in [7, 11) is 0. The molecule has 1 N–H and O–H groups in total. The van der Waals surface area contributed by atoms with E-state index >= 15 is 0 Å². The van der Waals surface area contributed by atoms with Gasteiger partial charge in [0, 0.05) is 17.3 Å². The van der Waals surface area contributed by atoms with E-state index in [0.29, 0.717) is 0 Å². The minimum Gasteiger partial charge on any atom is -0.323 e. The zero-order chi connectivity index (χ0) is 16.1. The smallest absolute Gasteiger partial charge is 0.237 e. The number of thioether (sulfide) groups is 1. The third-order valence-electron chi connectivity index (χ3n) is 3.34. The second-order valence-corrected chi connectivity index (χ2v) is 6.44. The Balaban J connectivity index is 1.73. The molecule has 116 valence electrons. The van der Waals surface area contributed by atoms with Gasteiger partial charge in [-0.05, 0) is 37.3 Å². The SMILES string of the molecule is CC(Sc1ccccc1)C(=O)Nc1ccccc1-n1cccn1. The van der Waals surface area contributed by atoms with E-state index in [4.69, 9.17) is 0 Å². The lowest BCUT2D eigenvalue weighted by Gasteiger charge is -2.14. The summed E-state index contributed by atoms with van der Waals surface area (Å²) < 4.78 is 1.74. The molecule has 23 heavy (non-hydrogen) atoms. The van der Waals surface area contributed by atoms with Gasteiger partial charge in [-0.25, -0.2) is 4.68 Å². The van der Waals surface area contributed by atoms with E-state index in [2.05, 4.69) is 10.4 Å². The molecule has 0 fully saturated rings. The van der Waals surface area contributed by atoms with E-state index in [1.807, 2.05) is 73.8 Å². The lowest BCUT2D eigenvalue weighted by atomic mass is 10.2. The van der Waals surface area contributed by atoms with Crippen molar-refractivity contribution in [2.45, 2.75) is 17.1 Å². The van der Waals surface area contributed by atoms with Gasteiger partial charge in [0.1, 0.15) is 0 Å². The molecule has 3 aromatic rings. The fourth-order valence-electron chi connectivity index (χ4n) is 2.18. The molecule has 0 spiro atoms. The monoisotopic (exact) mass is 323 g/mol. The zero-order valence-electron chi connectivity index (χ0n) is 12.7. The molecule has 0 aliphatic carbocycles. The molecule has 5 heteroatoms. The van der Waals surface area contributed by atoms with Crippen LogP contribution in [0.15, 0.2) is 78.0 Å². The molecule has 0 saturated carbocycles. The number of benzene rings is 2. The maximum absolute atomic E-state index is 12.5. The van der Waals surface area contributed by atoms with Crippen molar-refractivity contribution in [2.24, 2.45) is 0 Å². The predicted molar refractivity (Wildman–Crippen MR) is 94.0 cm³/mol. The Kier molecular flexibility index (Phi) is 4.78. The van der Waals surface area contributed by atoms with Gasteiger partial charge in [-0.2, -0.15) is 5.10 Å². The first kappa shape index (κ1) is 15.4. The summed E-state index contributed by atoms with van der Waals surface area (Å²) in [4.78, 5) is 13.6. The van der Waals surface area contributed by atoms with Crippen LogP contribution >= 0.6 is 11.8 Å². The number of para-hydroxylation sites is 2. The normalized spacial score (nSPS) is 11.9. The first-order chi connectivity index (χ1) is 11.2. The average molecular weight is 323 g/mol. The first-order valence-electron chi connectivity index (χ1n) is 7.35. The highest BCUT2D eigenvalue weighted by molar-refractivity contribution is 8.00. The summed E-state index contributed by atoms with van der Waals surface area (Å²) in [6, 6.07) is 19.4. The summed E-state index contributed by atoms with van der Waals surface area (Å²) in [5, 5.41) is 7.03. The Labute approximate surface area is 139 Å². The summed E-state index contributed by atoms with van der Waals surface area (Å²) in [5.41, 5.74) is 1.60. The van der Waals surface area contributed by atoms with Crippen LogP contribution in [-0.2, 0) is 4.79 Å². The summed E-state index contributed by atoms with van der Waals surface area (Å²) in [6.07, 6.45) is 3.57. The van der Waals surface area contributed by atoms with Crippen LogP contribution in [0.25, 0.3) is 5.69 Å². The average Bonchev–Trinajstić information content (AvgIpc) is 3.10. The van der Waals surface area contributed by atoms with Gasteiger partial charge < -0.3 is 5.32 Å². The van der Waals surface area contributed by atoms with Gasteiger partial charge in [0.15, 0.2) is 0 Å². The number of carbonyl (C=O) groups is 1. The Morgan fingerprint density at radius 3 is 2.57 bits per heavy atom. The number of nitrogens with one attached hydrogen (secondary N) is 1. The standard InChI is InChI=1S/C18H17N3OS/c1-14(23-15-8-3-2-4-9-15)18(22)20-16-10-5-6-11-17(16)21-13-7-12-19-21/h2-14H,1H3,(H,20,22). The molecule has 1 atom stereocenters. The van der Waals surface area contributed by atoms with E-state index in [0.717, 1.165) is 16.3 Å². The van der Waals surface area contributed by atoms with Gasteiger partial charge >= 0.3 is 0 Å². The Bertz CT molecular complexity index is 772. The second kappa shape index (κ2) is 7.15. The molecule has 3 rings (SSSR count). The largest absolute Gasteiger partial charge is 0.323 e. The summed E-state index contributed by atoms with van der Waals surface area (Å²) in [6.45, 7) is 1.91. The van der Waals surface area contributed by atoms with E-state index in [-0.39, 0.29) is 11.2 Å². The predicted octanol–water partition coefficient (Wildman–Crippen LogP) is 3.99. The van der Waals surface area contributed by atoms with Crippen molar-refractivity contribution in [3.63, 3.8) is 0 Å². The van der Waals surface area contributed by atoms with Crippen LogP contribution in [0.2, 0.25) is 0 Å². The number of hydrogen-bond donors (Lipinski definition) is 1. The molecule has 1 amide bonds. The molecule has 1 heterocycles. The molecule has 0 saturated heterocycles. The molecule has 0 bridgehead atoms. The van der Waals surface area contributed by atoms with Crippen molar-refractivity contribution in [3.8, 4) is 5.69 Å². The minimum absolute atomic E-state index is 0.0292. The van der Waals surface area contributed by atoms with Crippen LogP contribution in [0.1, 0.15) is 6.92 Å². The van der Waals surface area contributed by atoms with Gasteiger partial charge in [-0.3, -0.25) is 4.79 Å². The van der Waals surface area contributed by atoms with Crippen molar-refractivity contribution in [3.05, 3.63) is 73.1 Å². The molecular weight excluding hydrogens is 306 g/mol. The topological polar surface area (TPSA) is 46.9 Å². The van der Waals surface area contributed by atoms with Crippen LogP contribution < -0.4 is 5.32 Å². The number of nitrogens with zero attached hydrogens (tertiary/aromatic N) is 2. The Morgan fingerprint density at radius 1 is 1.09 bits per heavy atom. The highest BCUT2D eigenvalue weighted by Gasteiger charge is 2.16. The molecule has 4 nitrogen and oxygen atoms in total. The number of rotatable bonds is 5. The Morgan fingerprint density at radius 2 is 1.83 bits per heavy atom. The van der Waals surface area contributed by atoms with Crippen LogP contribution in [-0.4, -0.2) is 20.9 Å². The summed E-state index contributed by atoms with van der Waals surface area (Å²) in [5.74, 6) is -0.0292. The van der Waals surface area contributed by atoms with E-state index in [9.17, 15) is 4.79 Å². The number of hydrogen-bond acceptors (Lipinski definition) is 3. The van der Waals surface area contributed by atoms with E-state index < -0.39 is 0 Å². The molecule has 0 aliphatic heterocycles. The molecule has 1 aromatic heterocycles. The maximum atomic E-state index is 12.5. The van der Waals surface area contributed by atoms with E-state index in [1.54, 1.807) is 10.9 Å². The molecular formula is C18H17N3OS. The fraction of sp³-hybridized carbons (Fsp3) is 0.111. The summed E-state index contributed by atoms with van der Waals surface area (Å²) >= 11 is 1.54. The van der Waals surface area contributed by atoms with Crippen LogP contribution in [0.4, 0.5) is 5.69 Å². The molecule has 2 aromatic carbocycles. The van der Waals surface area contributed by atoms with Crippen LogP contribution in [0.3, 0.4) is 0 Å². The van der Waals surface area contributed by atoms with Gasteiger partial charge in [0.25, 0.3) is 0 Å². The van der Waals surface area contributed by atoms with Crippen LogP contribution in [0, 0.1) is 0 Å². The van der Waals surface area contributed by atoms with Crippen molar-refractivity contribution >= 4 is 23.4 Å². The number of anilines is 1. The third-order valence-corrected chi connectivity index (χ3v) is 4.45. The van der Waals surface area contributed by atoms with E-state index in [1.165, 1.54) is 11.8 Å².